The Kier molecular flexibility index (Phi) is 9.57. The van der Waals surface area contributed by atoms with Gasteiger partial charge in [0.1, 0.15) is 12.2 Å². The molecule has 1 aromatic rings. The first kappa shape index (κ1) is 28.3. The molecule has 0 radical (unpaired) electrons. The van der Waals surface area contributed by atoms with Crippen molar-refractivity contribution in [2.45, 2.75) is 77.4 Å². The Labute approximate surface area is 227 Å². The van der Waals surface area contributed by atoms with Crippen molar-refractivity contribution in [3.63, 3.8) is 0 Å². The quantitative estimate of drug-likeness (QED) is 0.550. The fourth-order valence-corrected chi connectivity index (χ4v) is 5.51. The van der Waals surface area contributed by atoms with Gasteiger partial charge in [-0.3, -0.25) is 9.69 Å². The van der Waals surface area contributed by atoms with Gasteiger partial charge in [-0.05, 0) is 72.4 Å². The van der Waals surface area contributed by atoms with Crippen LogP contribution in [0.4, 0.5) is 16.2 Å². The topological polar surface area (TPSA) is 113 Å². The summed E-state index contributed by atoms with van der Waals surface area (Å²) < 4.78 is 11.4. The van der Waals surface area contributed by atoms with Crippen molar-refractivity contribution >= 4 is 23.4 Å². The lowest BCUT2D eigenvalue weighted by Gasteiger charge is -2.38. The largest absolute Gasteiger partial charge is 0.476 e. The molecular weight excluding hydrogens is 484 g/mol. The molecule has 3 aliphatic rings. The van der Waals surface area contributed by atoms with Crippen molar-refractivity contribution in [2.75, 3.05) is 63.5 Å². The molecule has 2 saturated heterocycles. The SMILES string of the molecule is CC(C)(C)OC(=O)N1CCN(C(=O)C2CCC(Nc3cc(OCCN4CCCCC4)ncc3N)CC2)CC1. The van der Waals surface area contributed by atoms with E-state index in [9.17, 15) is 9.59 Å². The lowest BCUT2D eigenvalue weighted by molar-refractivity contribution is -0.138. The number of nitrogens with zero attached hydrogens (tertiary/aromatic N) is 4. The Morgan fingerprint density at radius 3 is 2.32 bits per heavy atom. The summed E-state index contributed by atoms with van der Waals surface area (Å²) in [6, 6.07) is 2.15. The summed E-state index contributed by atoms with van der Waals surface area (Å²) in [7, 11) is 0. The molecule has 2 amide bonds. The maximum Gasteiger partial charge on any atom is 0.410 e. The van der Waals surface area contributed by atoms with Crippen LogP contribution < -0.4 is 15.8 Å². The number of ether oxygens (including phenoxy) is 2. The molecule has 3 N–H and O–H groups in total. The zero-order valence-corrected chi connectivity index (χ0v) is 23.4. The number of carbonyl (C=O) groups excluding carboxylic acids is 2. The van der Waals surface area contributed by atoms with Gasteiger partial charge in [0.25, 0.3) is 0 Å². The molecule has 0 bridgehead atoms. The number of nitrogens with two attached hydrogens (primary N) is 1. The molecule has 0 unspecified atom stereocenters. The number of rotatable bonds is 7. The van der Waals surface area contributed by atoms with E-state index >= 15 is 0 Å². The van der Waals surface area contributed by atoms with E-state index < -0.39 is 5.60 Å². The predicted octanol–water partition coefficient (Wildman–Crippen LogP) is 3.58. The number of hydrogen-bond acceptors (Lipinski definition) is 8. The van der Waals surface area contributed by atoms with Crippen LogP contribution in [0.15, 0.2) is 12.3 Å². The molecule has 4 rings (SSSR count). The van der Waals surface area contributed by atoms with Gasteiger partial charge in [0.05, 0.1) is 17.6 Å². The number of anilines is 2. The molecule has 10 nitrogen and oxygen atoms in total. The fraction of sp³-hybridized carbons (Fsp3) is 0.750. The molecule has 3 heterocycles. The maximum atomic E-state index is 13.2. The number of piperazine rings is 1. The minimum absolute atomic E-state index is 0.0320. The van der Waals surface area contributed by atoms with Crippen LogP contribution in [0.5, 0.6) is 5.88 Å². The highest BCUT2D eigenvalue weighted by Crippen LogP contribution is 2.31. The molecule has 3 fully saturated rings. The maximum absolute atomic E-state index is 13.2. The van der Waals surface area contributed by atoms with Crippen molar-refractivity contribution in [3.05, 3.63) is 12.3 Å². The van der Waals surface area contributed by atoms with Gasteiger partial charge in [-0.2, -0.15) is 0 Å². The van der Waals surface area contributed by atoms with Crippen LogP contribution in [0, 0.1) is 5.92 Å². The average Bonchev–Trinajstić information content (AvgIpc) is 2.90. The minimum Gasteiger partial charge on any atom is -0.476 e. The third-order valence-corrected chi connectivity index (χ3v) is 7.69. The van der Waals surface area contributed by atoms with Crippen molar-refractivity contribution in [2.24, 2.45) is 5.92 Å². The van der Waals surface area contributed by atoms with Crippen molar-refractivity contribution in [1.82, 2.24) is 19.7 Å². The lowest BCUT2D eigenvalue weighted by atomic mass is 9.85. The summed E-state index contributed by atoms with van der Waals surface area (Å²) in [4.78, 5) is 35.9. The number of nitrogens with one attached hydrogen (secondary N) is 1. The van der Waals surface area contributed by atoms with Gasteiger partial charge >= 0.3 is 6.09 Å². The third-order valence-electron chi connectivity index (χ3n) is 7.69. The van der Waals surface area contributed by atoms with Crippen LogP contribution >= 0.6 is 0 Å². The summed E-state index contributed by atoms with van der Waals surface area (Å²) in [6.07, 6.45) is 8.71. The monoisotopic (exact) mass is 530 g/mol. The zero-order valence-electron chi connectivity index (χ0n) is 23.4. The van der Waals surface area contributed by atoms with E-state index in [0.29, 0.717) is 44.4 Å². The number of hydrogen-bond donors (Lipinski definition) is 2. The molecule has 0 aromatic carbocycles. The Hall–Kier alpha value is -2.75. The van der Waals surface area contributed by atoms with Gasteiger partial charge in [0.2, 0.25) is 11.8 Å². The van der Waals surface area contributed by atoms with E-state index in [1.165, 1.54) is 19.3 Å². The first-order valence-electron chi connectivity index (χ1n) is 14.3. The van der Waals surface area contributed by atoms with Crippen LogP contribution in [-0.2, 0) is 9.53 Å². The number of carbonyl (C=O) groups is 2. The van der Waals surface area contributed by atoms with Crippen LogP contribution in [0.3, 0.4) is 0 Å². The number of aromatic nitrogens is 1. The smallest absolute Gasteiger partial charge is 0.410 e. The van der Waals surface area contributed by atoms with Crippen LogP contribution in [0.1, 0.15) is 65.7 Å². The standard InChI is InChI=1S/C28H46N6O4/c1-28(2,3)38-27(36)34-15-13-33(14-16-34)26(35)21-7-9-22(10-8-21)31-24-19-25(30-20-23(24)29)37-18-17-32-11-5-4-6-12-32/h19-22H,4-18,29H2,1-3H3,(H,30,31). The molecule has 0 spiro atoms. The van der Waals surface area contributed by atoms with Crippen molar-refractivity contribution < 1.29 is 19.1 Å². The van der Waals surface area contributed by atoms with Gasteiger partial charge < -0.3 is 30.3 Å². The highest BCUT2D eigenvalue weighted by Gasteiger charge is 2.33. The Balaban J connectivity index is 1.19. The van der Waals surface area contributed by atoms with Gasteiger partial charge in [0.15, 0.2) is 0 Å². The van der Waals surface area contributed by atoms with Gasteiger partial charge in [-0.15, -0.1) is 0 Å². The summed E-state index contributed by atoms with van der Waals surface area (Å²) in [6.45, 7) is 11.6. The molecule has 0 atom stereocenters. The highest BCUT2D eigenvalue weighted by molar-refractivity contribution is 5.79. The van der Waals surface area contributed by atoms with E-state index in [-0.39, 0.29) is 24.0 Å². The molecule has 1 aromatic heterocycles. The zero-order chi connectivity index (χ0) is 27.1. The third kappa shape index (κ3) is 8.12. The highest BCUT2D eigenvalue weighted by atomic mass is 16.6. The molecule has 1 aliphatic carbocycles. The number of pyridine rings is 1. The molecular formula is C28H46N6O4. The van der Waals surface area contributed by atoms with E-state index in [0.717, 1.165) is 51.0 Å². The second kappa shape index (κ2) is 12.9. The fourth-order valence-electron chi connectivity index (χ4n) is 5.51. The summed E-state index contributed by atoms with van der Waals surface area (Å²) in [5, 5.41) is 3.57. The average molecular weight is 531 g/mol. The minimum atomic E-state index is -0.515. The molecule has 2 aliphatic heterocycles. The van der Waals surface area contributed by atoms with Gasteiger partial charge in [-0.25, -0.2) is 9.78 Å². The summed E-state index contributed by atoms with van der Waals surface area (Å²) >= 11 is 0. The Bertz CT molecular complexity index is 930. The Morgan fingerprint density at radius 1 is 1.00 bits per heavy atom. The normalized spacial score (nSPS) is 23.1. The van der Waals surface area contributed by atoms with Crippen LogP contribution in [-0.4, -0.2) is 95.7 Å². The van der Waals surface area contributed by atoms with E-state index in [2.05, 4.69) is 15.2 Å². The summed E-state index contributed by atoms with van der Waals surface area (Å²) in [5.74, 6) is 0.831. The first-order valence-corrected chi connectivity index (χ1v) is 14.3. The van der Waals surface area contributed by atoms with Crippen LogP contribution in [0.25, 0.3) is 0 Å². The molecule has 38 heavy (non-hydrogen) atoms. The van der Waals surface area contributed by atoms with Crippen molar-refractivity contribution in [3.8, 4) is 5.88 Å². The predicted molar refractivity (Wildman–Crippen MR) is 148 cm³/mol. The number of nitrogen functional groups attached to an aromatic ring is 1. The number of likely N-dealkylation sites (tertiary alicyclic amines) is 1. The molecule has 212 valence electrons. The second-order valence-corrected chi connectivity index (χ2v) is 11.8. The lowest BCUT2D eigenvalue weighted by Crippen LogP contribution is -2.53. The second-order valence-electron chi connectivity index (χ2n) is 11.8. The van der Waals surface area contributed by atoms with E-state index in [4.69, 9.17) is 15.2 Å². The van der Waals surface area contributed by atoms with Gasteiger partial charge in [-0.1, -0.05) is 6.42 Å². The van der Waals surface area contributed by atoms with Crippen molar-refractivity contribution in [1.29, 1.82) is 0 Å². The molecule has 10 heteroatoms. The van der Waals surface area contributed by atoms with Gasteiger partial charge in [0, 0.05) is 50.7 Å². The van der Waals surface area contributed by atoms with E-state index in [1.54, 1.807) is 11.1 Å². The van der Waals surface area contributed by atoms with Crippen LogP contribution in [0.2, 0.25) is 0 Å². The summed E-state index contributed by atoms with van der Waals surface area (Å²) in [5.41, 5.74) is 7.14. The van der Waals surface area contributed by atoms with E-state index in [1.807, 2.05) is 31.7 Å². The molecule has 1 saturated carbocycles. The number of piperidine rings is 1. The Morgan fingerprint density at radius 2 is 1.66 bits per heavy atom. The first-order chi connectivity index (χ1) is 18.2. The number of amides is 2.